The molecule has 0 saturated heterocycles. The van der Waals surface area contributed by atoms with Crippen molar-refractivity contribution < 1.29 is 19.0 Å². The molecule has 0 spiro atoms. The van der Waals surface area contributed by atoms with E-state index in [2.05, 4.69) is 4.74 Å². The van der Waals surface area contributed by atoms with Crippen LogP contribution in [0.1, 0.15) is 11.7 Å². The van der Waals surface area contributed by atoms with Crippen molar-refractivity contribution in [3.8, 4) is 0 Å². The van der Waals surface area contributed by atoms with Gasteiger partial charge in [0.05, 0.1) is 12.1 Å². The normalized spacial score (nSPS) is 12.3. The zero-order valence-electron chi connectivity index (χ0n) is 7.63. The first-order valence-electron chi connectivity index (χ1n) is 3.87. The predicted octanol–water partition coefficient (Wildman–Crippen LogP) is 2.34. The minimum Gasteiger partial charge on any atom is -0.467 e. The molecule has 1 aromatic carbocycles. The van der Waals surface area contributed by atoms with Crippen LogP contribution in [0.3, 0.4) is 0 Å². The van der Waals surface area contributed by atoms with Gasteiger partial charge >= 0.3 is 5.97 Å². The number of methoxy groups -OCH3 is 1. The van der Waals surface area contributed by atoms with Crippen LogP contribution in [-0.2, 0) is 9.53 Å². The Morgan fingerprint density at radius 3 is 2.60 bits per heavy atom. The van der Waals surface area contributed by atoms with Gasteiger partial charge < -0.3 is 9.84 Å². The molecule has 0 aliphatic carbocycles. The molecule has 6 heteroatoms. The van der Waals surface area contributed by atoms with E-state index < -0.39 is 17.9 Å². The molecule has 0 aromatic heterocycles. The highest BCUT2D eigenvalue weighted by Crippen LogP contribution is 2.29. The molecular formula is C9H7Cl2FO3. The minimum absolute atomic E-state index is 0.00918. The second-order valence-corrected chi connectivity index (χ2v) is 3.53. The number of halogens is 3. The van der Waals surface area contributed by atoms with E-state index in [0.29, 0.717) is 0 Å². The highest BCUT2D eigenvalue weighted by atomic mass is 35.5. The lowest BCUT2D eigenvalue weighted by molar-refractivity contribution is -0.150. The van der Waals surface area contributed by atoms with E-state index >= 15 is 0 Å². The van der Waals surface area contributed by atoms with Crippen LogP contribution in [0.5, 0.6) is 0 Å². The highest BCUT2D eigenvalue weighted by molar-refractivity contribution is 6.33. The van der Waals surface area contributed by atoms with Crippen molar-refractivity contribution in [2.45, 2.75) is 6.10 Å². The summed E-state index contributed by atoms with van der Waals surface area (Å²) in [5, 5.41) is 9.13. The molecule has 1 rings (SSSR count). The molecule has 0 aliphatic heterocycles. The fourth-order valence-corrected chi connectivity index (χ4v) is 1.41. The predicted molar refractivity (Wildman–Crippen MR) is 53.4 cm³/mol. The summed E-state index contributed by atoms with van der Waals surface area (Å²) in [4.78, 5) is 11.0. The second kappa shape index (κ2) is 4.79. The number of aliphatic hydroxyl groups is 1. The largest absolute Gasteiger partial charge is 0.467 e. The van der Waals surface area contributed by atoms with Crippen molar-refractivity contribution in [1.82, 2.24) is 0 Å². The Balaban J connectivity index is 3.14. The number of carbonyl (C=O) groups excluding carboxylic acids is 1. The molecule has 0 aliphatic rings. The van der Waals surface area contributed by atoms with Crippen LogP contribution in [0, 0.1) is 5.82 Å². The molecule has 15 heavy (non-hydrogen) atoms. The summed E-state index contributed by atoms with van der Waals surface area (Å²) in [5.74, 6) is -1.61. The monoisotopic (exact) mass is 252 g/mol. The van der Waals surface area contributed by atoms with Gasteiger partial charge in [0.15, 0.2) is 6.10 Å². The molecule has 0 bridgehead atoms. The molecule has 0 saturated carbocycles. The molecule has 0 fully saturated rings. The van der Waals surface area contributed by atoms with Crippen molar-refractivity contribution in [1.29, 1.82) is 0 Å². The van der Waals surface area contributed by atoms with Gasteiger partial charge in [0.1, 0.15) is 5.82 Å². The van der Waals surface area contributed by atoms with Gasteiger partial charge in [0.25, 0.3) is 0 Å². The first-order valence-corrected chi connectivity index (χ1v) is 4.63. The van der Waals surface area contributed by atoms with Gasteiger partial charge in [-0.3, -0.25) is 0 Å². The van der Waals surface area contributed by atoms with Crippen LogP contribution in [0.15, 0.2) is 12.1 Å². The molecule has 3 nitrogen and oxygen atoms in total. The van der Waals surface area contributed by atoms with E-state index in [1.54, 1.807) is 0 Å². The zero-order valence-corrected chi connectivity index (χ0v) is 9.14. The lowest BCUT2D eigenvalue weighted by atomic mass is 10.1. The maximum atomic E-state index is 12.9. The maximum absolute atomic E-state index is 12.9. The second-order valence-electron chi connectivity index (χ2n) is 2.71. The summed E-state index contributed by atoms with van der Waals surface area (Å²) in [6.45, 7) is 0. The Bertz CT molecular complexity index is 395. The first-order chi connectivity index (χ1) is 6.97. The topological polar surface area (TPSA) is 46.5 Å². The highest BCUT2D eigenvalue weighted by Gasteiger charge is 2.22. The summed E-state index contributed by atoms with van der Waals surface area (Å²) < 4.78 is 17.2. The van der Waals surface area contributed by atoms with Crippen LogP contribution in [0.4, 0.5) is 4.39 Å². The maximum Gasteiger partial charge on any atom is 0.339 e. The molecule has 82 valence electrons. The number of benzene rings is 1. The summed E-state index contributed by atoms with van der Waals surface area (Å²) in [5.41, 5.74) is 0.00918. The van der Waals surface area contributed by atoms with Crippen LogP contribution in [-0.4, -0.2) is 18.2 Å². The Morgan fingerprint density at radius 1 is 1.47 bits per heavy atom. The minimum atomic E-state index is -1.57. The Hall–Kier alpha value is -0.840. The third kappa shape index (κ3) is 2.59. The standard InChI is InChI=1S/C9H7Cl2FO3/c1-15-9(14)8(13)4-2-6(11)7(12)3-5(4)10/h2-3,8,13H,1H3. The van der Waals surface area contributed by atoms with E-state index in [1.165, 1.54) is 0 Å². The van der Waals surface area contributed by atoms with Crippen LogP contribution >= 0.6 is 23.2 Å². The molecule has 0 heterocycles. The van der Waals surface area contributed by atoms with Crippen molar-refractivity contribution in [2.75, 3.05) is 7.11 Å². The van der Waals surface area contributed by atoms with E-state index in [0.717, 1.165) is 19.2 Å². The van der Waals surface area contributed by atoms with E-state index in [4.69, 9.17) is 23.2 Å². The molecule has 1 N–H and O–H groups in total. The molecular weight excluding hydrogens is 246 g/mol. The SMILES string of the molecule is COC(=O)C(O)c1cc(Cl)c(F)cc1Cl. The van der Waals surface area contributed by atoms with Crippen molar-refractivity contribution in [3.05, 3.63) is 33.6 Å². The summed E-state index contributed by atoms with van der Waals surface area (Å²) in [6, 6.07) is 2.01. The molecule has 1 aromatic rings. The van der Waals surface area contributed by atoms with Crippen LogP contribution < -0.4 is 0 Å². The van der Waals surface area contributed by atoms with Crippen molar-refractivity contribution >= 4 is 29.2 Å². The van der Waals surface area contributed by atoms with Gasteiger partial charge in [0.2, 0.25) is 0 Å². The molecule has 0 radical (unpaired) electrons. The smallest absolute Gasteiger partial charge is 0.339 e. The Kier molecular flexibility index (Phi) is 3.90. The summed E-state index contributed by atoms with van der Waals surface area (Å²) >= 11 is 11.1. The summed E-state index contributed by atoms with van der Waals surface area (Å²) in [6.07, 6.45) is -1.57. The Morgan fingerprint density at radius 2 is 2.07 bits per heavy atom. The van der Waals surface area contributed by atoms with Gasteiger partial charge in [0, 0.05) is 10.6 Å². The number of rotatable bonds is 2. The van der Waals surface area contributed by atoms with Gasteiger partial charge in [-0.2, -0.15) is 0 Å². The zero-order chi connectivity index (χ0) is 11.6. The van der Waals surface area contributed by atoms with Crippen LogP contribution in [0.25, 0.3) is 0 Å². The molecule has 0 amide bonds. The average molecular weight is 253 g/mol. The number of aliphatic hydroxyl groups excluding tert-OH is 1. The van der Waals surface area contributed by atoms with E-state index in [1.807, 2.05) is 0 Å². The number of carbonyl (C=O) groups is 1. The number of hydrogen-bond acceptors (Lipinski definition) is 3. The summed E-state index contributed by atoms with van der Waals surface area (Å²) in [7, 11) is 1.12. The quantitative estimate of drug-likeness (QED) is 0.650. The van der Waals surface area contributed by atoms with Crippen LogP contribution in [0.2, 0.25) is 10.0 Å². The van der Waals surface area contributed by atoms with Crippen molar-refractivity contribution in [3.63, 3.8) is 0 Å². The fourth-order valence-electron chi connectivity index (χ4n) is 0.986. The van der Waals surface area contributed by atoms with E-state index in [9.17, 15) is 14.3 Å². The van der Waals surface area contributed by atoms with Gasteiger partial charge in [-0.25, -0.2) is 9.18 Å². The average Bonchev–Trinajstić information content (AvgIpc) is 2.21. The third-order valence-electron chi connectivity index (χ3n) is 1.76. The van der Waals surface area contributed by atoms with Gasteiger partial charge in [-0.05, 0) is 12.1 Å². The number of ether oxygens (including phenoxy) is 1. The first kappa shape index (κ1) is 12.2. The van der Waals surface area contributed by atoms with Crippen molar-refractivity contribution in [2.24, 2.45) is 0 Å². The molecule has 1 atom stereocenters. The lowest BCUT2D eigenvalue weighted by Gasteiger charge is -2.10. The van der Waals surface area contributed by atoms with E-state index in [-0.39, 0.29) is 15.6 Å². The number of hydrogen-bond donors (Lipinski definition) is 1. The molecule has 1 unspecified atom stereocenters. The number of esters is 1. The fraction of sp³-hybridized carbons (Fsp3) is 0.222. The van der Waals surface area contributed by atoms with Gasteiger partial charge in [-0.1, -0.05) is 23.2 Å². The lowest BCUT2D eigenvalue weighted by Crippen LogP contribution is -2.14. The Labute approximate surface area is 95.4 Å². The van der Waals surface area contributed by atoms with Gasteiger partial charge in [-0.15, -0.1) is 0 Å². The third-order valence-corrected chi connectivity index (χ3v) is 2.38.